The van der Waals surface area contributed by atoms with Gasteiger partial charge < -0.3 is 10.2 Å². The van der Waals surface area contributed by atoms with Gasteiger partial charge in [-0.1, -0.05) is 0 Å². The lowest BCUT2D eigenvalue weighted by Gasteiger charge is -2.34. The van der Waals surface area contributed by atoms with E-state index >= 15 is 0 Å². The van der Waals surface area contributed by atoms with E-state index in [-0.39, 0.29) is 23.9 Å². The van der Waals surface area contributed by atoms with Gasteiger partial charge in [-0.15, -0.1) is 0 Å². The number of amides is 2. The minimum atomic E-state index is -4.41. The smallest absolute Gasteiger partial charge is 0.355 e. The van der Waals surface area contributed by atoms with Gasteiger partial charge in [0, 0.05) is 38.3 Å². The van der Waals surface area contributed by atoms with Gasteiger partial charge in [0.1, 0.15) is 0 Å². The standard InChI is InChI=1S/C16H20F3N3O2/c1-2-20-14(23)11-21-7-9-22(10-8-21)15(24)12-3-5-13(6-4-12)16(17,18)19/h3-6H,2,7-11H2,1H3,(H,20,23). The van der Waals surface area contributed by atoms with E-state index < -0.39 is 11.7 Å². The van der Waals surface area contributed by atoms with Gasteiger partial charge in [0.15, 0.2) is 0 Å². The molecule has 8 heteroatoms. The Labute approximate surface area is 138 Å². The van der Waals surface area contributed by atoms with Gasteiger partial charge >= 0.3 is 6.18 Å². The number of piperazine rings is 1. The Balaban J connectivity index is 1.89. The molecule has 0 bridgehead atoms. The van der Waals surface area contributed by atoms with Crippen LogP contribution in [0.3, 0.4) is 0 Å². The summed E-state index contributed by atoms with van der Waals surface area (Å²) in [4.78, 5) is 27.4. The van der Waals surface area contributed by atoms with E-state index in [2.05, 4.69) is 5.32 Å². The molecule has 2 rings (SSSR count). The fraction of sp³-hybridized carbons (Fsp3) is 0.500. The third kappa shape index (κ3) is 4.70. The van der Waals surface area contributed by atoms with E-state index in [1.165, 1.54) is 12.1 Å². The molecular formula is C16H20F3N3O2. The van der Waals surface area contributed by atoms with Crippen molar-refractivity contribution in [2.75, 3.05) is 39.3 Å². The molecule has 0 unspecified atom stereocenters. The van der Waals surface area contributed by atoms with Crippen molar-refractivity contribution in [2.24, 2.45) is 0 Å². The Bertz CT molecular complexity index is 579. The summed E-state index contributed by atoms with van der Waals surface area (Å²) in [7, 11) is 0. The Kier molecular flexibility index (Phi) is 5.82. The molecule has 0 saturated carbocycles. The molecule has 1 fully saturated rings. The molecule has 0 atom stereocenters. The van der Waals surface area contributed by atoms with E-state index in [4.69, 9.17) is 0 Å². The van der Waals surface area contributed by atoms with Crippen molar-refractivity contribution in [1.29, 1.82) is 0 Å². The highest BCUT2D eigenvalue weighted by Crippen LogP contribution is 2.29. The lowest BCUT2D eigenvalue weighted by atomic mass is 10.1. The minimum Gasteiger partial charge on any atom is -0.355 e. The lowest BCUT2D eigenvalue weighted by molar-refractivity contribution is -0.137. The number of nitrogens with zero attached hydrogens (tertiary/aromatic N) is 2. The van der Waals surface area contributed by atoms with Crippen LogP contribution in [0.1, 0.15) is 22.8 Å². The number of hydrogen-bond donors (Lipinski definition) is 1. The quantitative estimate of drug-likeness (QED) is 0.904. The molecule has 1 N–H and O–H groups in total. The van der Waals surface area contributed by atoms with Gasteiger partial charge in [0.25, 0.3) is 5.91 Å². The Morgan fingerprint density at radius 1 is 1.08 bits per heavy atom. The Morgan fingerprint density at radius 2 is 1.67 bits per heavy atom. The lowest BCUT2D eigenvalue weighted by Crippen LogP contribution is -2.51. The second kappa shape index (κ2) is 7.65. The van der Waals surface area contributed by atoms with Crippen LogP contribution in [0.2, 0.25) is 0 Å². The molecule has 1 aliphatic rings. The summed E-state index contributed by atoms with van der Waals surface area (Å²) in [5.74, 6) is -0.346. The van der Waals surface area contributed by atoms with Gasteiger partial charge in [-0.2, -0.15) is 13.2 Å². The molecular weight excluding hydrogens is 323 g/mol. The number of benzene rings is 1. The van der Waals surface area contributed by atoms with Crippen molar-refractivity contribution in [1.82, 2.24) is 15.1 Å². The summed E-state index contributed by atoms with van der Waals surface area (Å²) in [6.07, 6.45) is -4.41. The summed E-state index contributed by atoms with van der Waals surface area (Å²) in [6.45, 7) is 4.71. The highest BCUT2D eigenvalue weighted by atomic mass is 19.4. The van der Waals surface area contributed by atoms with E-state index in [0.29, 0.717) is 32.7 Å². The van der Waals surface area contributed by atoms with Gasteiger partial charge in [0.2, 0.25) is 5.91 Å². The van der Waals surface area contributed by atoms with E-state index in [9.17, 15) is 22.8 Å². The first-order chi connectivity index (χ1) is 11.3. The predicted molar refractivity (Wildman–Crippen MR) is 82.5 cm³/mol. The van der Waals surface area contributed by atoms with Crippen LogP contribution in [0.4, 0.5) is 13.2 Å². The summed E-state index contributed by atoms with van der Waals surface area (Å²) >= 11 is 0. The molecule has 0 aromatic heterocycles. The van der Waals surface area contributed by atoms with Crippen LogP contribution in [-0.4, -0.2) is 60.9 Å². The van der Waals surface area contributed by atoms with Crippen molar-refractivity contribution in [3.63, 3.8) is 0 Å². The molecule has 5 nitrogen and oxygen atoms in total. The average molecular weight is 343 g/mol. The zero-order valence-electron chi connectivity index (χ0n) is 13.4. The van der Waals surface area contributed by atoms with Crippen molar-refractivity contribution < 1.29 is 22.8 Å². The third-order valence-electron chi connectivity index (χ3n) is 3.86. The van der Waals surface area contributed by atoms with Crippen molar-refractivity contribution >= 4 is 11.8 Å². The van der Waals surface area contributed by atoms with E-state index in [1.54, 1.807) is 4.90 Å². The molecule has 0 radical (unpaired) electrons. The molecule has 0 aliphatic carbocycles. The topological polar surface area (TPSA) is 52.7 Å². The molecule has 1 aliphatic heterocycles. The van der Waals surface area contributed by atoms with Crippen LogP contribution >= 0.6 is 0 Å². The number of nitrogens with one attached hydrogen (secondary N) is 1. The highest BCUT2D eigenvalue weighted by molar-refractivity contribution is 5.94. The largest absolute Gasteiger partial charge is 0.416 e. The van der Waals surface area contributed by atoms with Gasteiger partial charge in [-0.3, -0.25) is 14.5 Å². The number of likely N-dealkylation sites (N-methyl/N-ethyl adjacent to an activating group) is 1. The molecule has 1 aromatic rings. The zero-order chi connectivity index (χ0) is 17.7. The first-order valence-electron chi connectivity index (χ1n) is 7.77. The van der Waals surface area contributed by atoms with Crippen molar-refractivity contribution in [3.05, 3.63) is 35.4 Å². The molecule has 1 saturated heterocycles. The maximum atomic E-state index is 12.5. The first-order valence-corrected chi connectivity index (χ1v) is 7.77. The van der Waals surface area contributed by atoms with E-state index in [1.807, 2.05) is 11.8 Å². The molecule has 24 heavy (non-hydrogen) atoms. The SMILES string of the molecule is CCNC(=O)CN1CCN(C(=O)c2ccc(C(F)(F)F)cc2)CC1. The minimum absolute atomic E-state index is 0.0555. The Hall–Kier alpha value is -2.09. The third-order valence-corrected chi connectivity index (χ3v) is 3.86. The summed E-state index contributed by atoms with van der Waals surface area (Å²) in [5.41, 5.74) is -0.536. The number of carbonyl (C=O) groups excluding carboxylic acids is 2. The molecule has 2 amide bonds. The molecule has 1 aromatic carbocycles. The highest BCUT2D eigenvalue weighted by Gasteiger charge is 2.30. The van der Waals surface area contributed by atoms with Crippen LogP contribution in [0.5, 0.6) is 0 Å². The van der Waals surface area contributed by atoms with Crippen molar-refractivity contribution in [2.45, 2.75) is 13.1 Å². The fourth-order valence-corrected chi connectivity index (χ4v) is 2.55. The molecule has 1 heterocycles. The fourth-order valence-electron chi connectivity index (χ4n) is 2.55. The summed E-state index contributed by atoms with van der Waals surface area (Å²) < 4.78 is 37.6. The number of rotatable bonds is 4. The molecule has 0 spiro atoms. The van der Waals surface area contributed by atoms with Crippen LogP contribution in [-0.2, 0) is 11.0 Å². The Morgan fingerprint density at radius 3 is 2.17 bits per heavy atom. The second-order valence-corrected chi connectivity index (χ2v) is 5.60. The van der Waals surface area contributed by atoms with Crippen LogP contribution in [0, 0.1) is 0 Å². The summed E-state index contributed by atoms with van der Waals surface area (Å²) in [5, 5.41) is 2.72. The normalized spacial score (nSPS) is 16.1. The first kappa shape index (κ1) is 18.3. The van der Waals surface area contributed by atoms with E-state index in [0.717, 1.165) is 12.1 Å². The summed E-state index contributed by atoms with van der Waals surface area (Å²) in [6, 6.07) is 4.23. The maximum absolute atomic E-state index is 12.5. The van der Waals surface area contributed by atoms with Gasteiger partial charge in [-0.25, -0.2) is 0 Å². The van der Waals surface area contributed by atoms with Crippen LogP contribution in [0.15, 0.2) is 24.3 Å². The van der Waals surface area contributed by atoms with Gasteiger partial charge in [0.05, 0.1) is 12.1 Å². The zero-order valence-corrected chi connectivity index (χ0v) is 13.4. The monoisotopic (exact) mass is 343 g/mol. The second-order valence-electron chi connectivity index (χ2n) is 5.60. The number of hydrogen-bond acceptors (Lipinski definition) is 3. The number of carbonyl (C=O) groups is 2. The average Bonchev–Trinajstić information content (AvgIpc) is 2.54. The predicted octanol–water partition coefficient (Wildman–Crippen LogP) is 1.60. The van der Waals surface area contributed by atoms with Gasteiger partial charge in [-0.05, 0) is 31.2 Å². The number of alkyl halides is 3. The molecule has 132 valence electrons. The van der Waals surface area contributed by atoms with Crippen LogP contribution < -0.4 is 5.32 Å². The maximum Gasteiger partial charge on any atom is 0.416 e. The van der Waals surface area contributed by atoms with Crippen LogP contribution in [0.25, 0.3) is 0 Å². The van der Waals surface area contributed by atoms with Crippen molar-refractivity contribution in [3.8, 4) is 0 Å². The number of halogens is 3.